The van der Waals surface area contributed by atoms with Gasteiger partial charge in [0.2, 0.25) is 11.9 Å². The Bertz CT molecular complexity index is 1810. The number of piperidine rings is 1. The summed E-state index contributed by atoms with van der Waals surface area (Å²) < 4.78 is 45.4. The summed E-state index contributed by atoms with van der Waals surface area (Å²) in [4.78, 5) is 39.9. The first kappa shape index (κ1) is 51.2. The van der Waals surface area contributed by atoms with Crippen molar-refractivity contribution in [2.75, 3.05) is 149 Å². The van der Waals surface area contributed by atoms with Crippen LogP contribution in [0.5, 0.6) is 0 Å². The number of nitrogens with one attached hydrogen (secondary N) is 2. The molecule has 0 atom stereocenters. The average Bonchev–Trinajstić information content (AvgIpc) is 3.29. The number of carbonyl (C=O) groups excluding carboxylic acids is 1. The van der Waals surface area contributed by atoms with Gasteiger partial charge in [0.15, 0.2) is 0 Å². The van der Waals surface area contributed by atoms with E-state index in [9.17, 15) is 9.59 Å². The molecule has 1 aliphatic heterocycles. The highest BCUT2D eigenvalue weighted by molar-refractivity contribution is 5.89. The molecule has 4 N–H and O–H groups in total. The Hall–Kier alpha value is -4.47. The van der Waals surface area contributed by atoms with E-state index in [0.29, 0.717) is 149 Å². The van der Waals surface area contributed by atoms with E-state index >= 15 is 0 Å². The molecular formula is C43H68N10O10. The quantitative estimate of drug-likeness (QED) is 0.0328. The minimum absolute atomic E-state index is 0.000216. The molecule has 0 radical (unpaired) electrons. The first-order valence-corrected chi connectivity index (χ1v) is 22.1. The second kappa shape index (κ2) is 32.2. The summed E-state index contributed by atoms with van der Waals surface area (Å²) in [6.07, 6.45) is 5.36. The smallest absolute Gasteiger partial charge is 0.264 e. The Labute approximate surface area is 370 Å². The second-order valence-corrected chi connectivity index (χ2v) is 14.7. The number of likely N-dealkylation sites (tertiary alicyclic amines) is 1. The number of aromatic nitrogens is 3. The van der Waals surface area contributed by atoms with E-state index in [0.717, 1.165) is 50.9 Å². The molecule has 0 spiro atoms. The zero-order chi connectivity index (χ0) is 44.6. The van der Waals surface area contributed by atoms with Gasteiger partial charge in [-0.3, -0.25) is 14.5 Å². The van der Waals surface area contributed by atoms with Gasteiger partial charge in [-0.05, 0) is 55.1 Å². The number of anilines is 2. The molecule has 1 amide bonds. The molecule has 4 rings (SSSR count). The van der Waals surface area contributed by atoms with Crippen LogP contribution in [0.25, 0.3) is 21.3 Å². The van der Waals surface area contributed by atoms with Gasteiger partial charge in [0.1, 0.15) is 11.2 Å². The number of amides is 1. The lowest BCUT2D eigenvalue weighted by molar-refractivity contribution is -0.126. The number of azide groups is 1. The summed E-state index contributed by atoms with van der Waals surface area (Å²) >= 11 is 0. The van der Waals surface area contributed by atoms with Gasteiger partial charge in [0, 0.05) is 43.2 Å². The summed E-state index contributed by atoms with van der Waals surface area (Å²) in [6.45, 7) is 13.9. The standard InChI is InChI=1S/C43H68N10O10/c1-2-3-11-46-40-39-38(49-43(44)50-40)10-16-53(42(39)55)34-36-6-4-35(5-7-36)33-52-14-8-37(9-15-52)41(54)47-12-17-56-19-21-58-23-25-60-27-29-62-31-32-63-30-28-61-26-24-59-22-20-57-18-13-48-51-45/h4-7,10,16,37H,2-3,8-9,11-15,17-34H2,1H3,(H,47,54)(H3,44,46,49,50). The summed E-state index contributed by atoms with van der Waals surface area (Å²) in [5, 5.41) is 10.1. The zero-order valence-electron chi connectivity index (χ0n) is 36.9. The van der Waals surface area contributed by atoms with Crippen molar-refractivity contribution in [3.05, 3.63) is 68.5 Å². The third-order valence-corrected chi connectivity index (χ3v) is 9.95. The number of nitrogens with zero attached hydrogens (tertiary/aromatic N) is 7. The Balaban J connectivity index is 0.925. The van der Waals surface area contributed by atoms with Crippen molar-refractivity contribution in [1.82, 2.24) is 24.8 Å². The van der Waals surface area contributed by atoms with Crippen LogP contribution in [0, 0.1) is 5.92 Å². The molecule has 20 nitrogen and oxygen atoms in total. The molecule has 1 aliphatic rings. The molecule has 20 heteroatoms. The van der Waals surface area contributed by atoms with Crippen LogP contribution < -0.4 is 21.9 Å². The molecule has 0 saturated carbocycles. The Morgan fingerprint density at radius 1 is 0.746 bits per heavy atom. The number of hydrogen-bond donors (Lipinski definition) is 3. The Kier molecular flexibility index (Phi) is 26.2. The first-order valence-electron chi connectivity index (χ1n) is 22.1. The number of unbranched alkanes of at least 4 members (excludes halogenated alkanes) is 1. The van der Waals surface area contributed by atoms with E-state index < -0.39 is 0 Å². The minimum Gasteiger partial charge on any atom is -0.379 e. The lowest BCUT2D eigenvalue weighted by Gasteiger charge is -2.31. The maximum absolute atomic E-state index is 13.5. The van der Waals surface area contributed by atoms with Crippen LogP contribution in [0.15, 0.2) is 46.4 Å². The normalized spacial score (nSPS) is 13.3. The molecule has 0 unspecified atom stereocenters. The van der Waals surface area contributed by atoms with Crippen LogP contribution in [-0.4, -0.2) is 164 Å². The number of nitrogens with two attached hydrogens (primary N) is 1. The first-order chi connectivity index (χ1) is 31.0. The van der Waals surface area contributed by atoms with Crippen molar-refractivity contribution in [3.8, 4) is 0 Å². The SMILES string of the molecule is CCCCNc1nc(N)nc2ccn(Cc3ccc(CN4CCC(C(=O)NCCOCCOCCOCCOCCOCCOCCOCCOCCN=[N+]=[N-])CC4)cc3)c(=O)c12. The van der Waals surface area contributed by atoms with Crippen molar-refractivity contribution in [2.24, 2.45) is 11.0 Å². The lowest BCUT2D eigenvalue weighted by atomic mass is 9.95. The number of hydrogen-bond acceptors (Lipinski definition) is 16. The van der Waals surface area contributed by atoms with Crippen LogP contribution in [0.3, 0.4) is 0 Å². The van der Waals surface area contributed by atoms with Crippen LogP contribution in [0.2, 0.25) is 0 Å². The molecular weight excluding hydrogens is 817 g/mol. The Morgan fingerprint density at radius 3 is 1.78 bits per heavy atom. The number of benzene rings is 1. The van der Waals surface area contributed by atoms with E-state index in [1.54, 1.807) is 10.8 Å². The van der Waals surface area contributed by atoms with Gasteiger partial charge in [0.25, 0.3) is 5.56 Å². The van der Waals surface area contributed by atoms with E-state index in [1.807, 2.05) is 6.07 Å². The maximum Gasteiger partial charge on any atom is 0.264 e. The molecule has 1 saturated heterocycles. The zero-order valence-corrected chi connectivity index (χ0v) is 36.9. The van der Waals surface area contributed by atoms with E-state index in [-0.39, 0.29) is 23.3 Å². The molecule has 350 valence electrons. The van der Waals surface area contributed by atoms with E-state index in [2.05, 4.69) is 66.7 Å². The fourth-order valence-electron chi connectivity index (χ4n) is 6.58. The highest BCUT2D eigenvalue weighted by Crippen LogP contribution is 2.21. The molecule has 1 aromatic carbocycles. The van der Waals surface area contributed by atoms with Crippen LogP contribution >= 0.6 is 0 Å². The minimum atomic E-state index is -0.156. The predicted octanol–water partition coefficient (Wildman–Crippen LogP) is 3.41. The molecule has 63 heavy (non-hydrogen) atoms. The molecule has 2 aromatic heterocycles. The predicted molar refractivity (Wildman–Crippen MR) is 239 cm³/mol. The van der Waals surface area contributed by atoms with Crippen LogP contribution in [0.1, 0.15) is 43.7 Å². The average molecular weight is 885 g/mol. The lowest BCUT2D eigenvalue weighted by Crippen LogP contribution is -2.41. The van der Waals surface area contributed by atoms with Gasteiger partial charge in [-0.1, -0.05) is 42.7 Å². The van der Waals surface area contributed by atoms with Crippen molar-refractivity contribution in [1.29, 1.82) is 0 Å². The molecule has 3 aromatic rings. The topological polar surface area (TPSA) is 241 Å². The summed E-state index contributed by atoms with van der Waals surface area (Å²) in [5.74, 6) is 0.699. The maximum atomic E-state index is 13.5. The van der Waals surface area contributed by atoms with Crippen LogP contribution in [0.4, 0.5) is 11.8 Å². The van der Waals surface area contributed by atoms with Crippen molar-refractivity contribution in [3.63, 3.8) is 0 Å². The van der Waals surface area contributed by atoms with Gasteiger partial charge >= 0.3 is 0 Å². The van der Waals surface area contributed by atoms with E-state index in [4.69, 9.17) is 49.2 Å². The van der Waals surface area contributed by atoms with Gasteiger partial charge in [-0.2, -0.15) is 4.98 Å². The number of ether oxygens (including phenoxy) is 8. The molecule has 1 fully saturated rings. The summed E-state index contributed by atoms with van der Waals surface area (Å²) in [5.41, 5.74) is 16.7. The molecule has 0 bridgehead atoms. The van der Waals surface area contributed by atoms with Crippen molar-refractivity contribution >= 4 is 28.6 Å². The highest BCUT2D eigenvalue weighted by atomic mass is 16.6. The fourth-order valence-corrected chi connectivity index (χ4v) is 6.58. The highest BCUT2D eigenvalue weighted by Gasteiger charge is 2.24. The monoisotopic (exact) mass is 885 g/mol. The van der Waals surface area contributed by atoms with Gasteiger partial charge in [0.05, 0.1) is 118 Å². The molecule has 3 heterocycles. The number of fused-ring (bicyclic) bond motifs is 1. The number of pyridine rings is 1. The molecule has 0 aliphatic carbocycles. The second-order valence-electron chi connectivity index (χ2n) is 14.7. The van der Waals surface area contributed by atoms with Gasteiger partial charge in [-0.15, -0.1) is 0 Å². The number of nitrogen functional groups attached to an aromatic ring is 1. The fraction of sp³-hybridized carbons (Fsp3) is 0.674. The van der Waals surface area contributed by atoms with Crippen molar-refractivity contribution in [2.45, 2.75) is 45.7 Å². The third-order valence-electron chi connectivity index (χ3n) is 9.95. The van der Waals surface area contributed by atoms with Crippen molar-refractivity contribution < 1.29 is 42.7 Å². The van der Waals surface area contributed by atoms with Gasteiger partial charge in [-0.25, -0.2) is 4.98 Å². The van der Waals surface area contributed by atoms with Gasteiger partial charge < -0.3 is 58.8 Å². The largest absolute Gasteiger partial charge is 0.379 e. The third kappa shape index (κ3) is 21.2. The summed E-state index contributed by atoms with van der Waals surface area (Å²) in [6, 6.07) is 10.2. The summed E-state index contributed by atoms with van der Waals surface area (Å²) in [7, 11) is 0. The van der Waals surface area contributed by atoms with E-state index in [1.165, 1.54) is 5.56 Å². The number of carbonyl (C=O) groups is 1. The van der Waals surface area contributed by atoms with Crippen LogP contribution in [-0.2, 0) is 55.8 Å². The number of rotatable bonds is 36. The Morgan fingerprint density at radius 2 is 1.25 bits per heavy atom.